The molecule has 6 aromatic rings. The first-order valence-corrected chi connectivity index (χ1v) is 15.2. The molecule has 0 aliphatic carbocycles. The second kappa shape index (κ2) is 7.45. The van der Waals surface area contributed by atoms with E-state index in [1.807, 2.05) is 68.0 Å². The minimum atomic E-state index is 1.22. The number of rotatable bonds is 0. The van der Waals surface area contributed by atoms with E-state index in [9.17, 15) is 0 Å². The summed E-state index contributed by atoms with van der Waals surface area (Å²) in [4.78, 5) is 0. The van der Waals surface area contributed by atoms with Gasteiger partial charge >= 0.3 is 0 Å². The Morgan fingerprint density at radius 1 is 0.500 bits per heavy atom. The van der Waals surface area contributed by atoms with E-state index in [1.54, 1.807) is 0 Å². The van der Waals surface area contributed by atoms with Crippen molar-refractivity contribution in [2.75, 3.05) is 0 Å². The van der Waals surface area contributed by atoms with Gasteiger partial charge in [-0.05, 0) is 75.9 Å². The monoisotopic (exact) mass is 704 g/mol. The first kappa shape index (κ1) is 19.1. The van der Waals surface area contributed by atoms with E-state index < -0.39 is 0 Å². The molecule has 0 N–H and O–H groups in total. The largest absolute Gasteiger partial charge is 0.140 e. The van der Waals surface area contributed by atoms with Crippen molar-refractivity contribution in [1.82, 2.24) is 0 Å². The average molecular weight is 708 g/mol. The zero-order valence-corrected chi connectivity index (χ0v) is 23.5. The summed E-state index contributed by atoms with van der Waals surface area (Å²) in [6.07, 6.45) is 0. The zero-order chi connectivity index (χ0) is 18.0. The molecule has 132 valence electrons. The van der Waals surface area contributed by atoms with Gasteiger partial charge in [0.05, 0.1) is 35.8 Å². The van der Waals surface area contributed by atoms with Gasteiger partial charge < -0.3 is 0 Å². The molecule has 0 spiro atoms. The normalized spacial score (nSPS) is 11.8. The lowest BCUT2D eigenvalue weighted by atomic mass is 10.5. The molecular weight excluding hydrogens is 704 g/mol. The number of fused-ring (bicyclic) bond motifs is 6. The summed E-state index contributed by atoms with van der Waals surface area (Å²) < 4.78 is 16.1. The second-order valence-corrected chi connectivity index (χ2v) is 15.6. The highest BCUT2D eigenvalue weighted by Gasteiger charge is 2.13. The third kappa shape index (κ3) is 3.26. The van der Waals surface area contributed by atoms with Crippen LogP contribution in [0.25, 0.3) is 37.6 Å². The SMILES string of the molecule is Brc1cc2sc3cc(Br)sc3c2s1.Brc1csc2c1sc1c(Br)csc12. The standard InChI is InChI=1S/2C8H2Br2S3/c9-3-1-11-7-5(3)13-6-4(10)2-12-8(6)7;9-5-1-3-7(12-5)8-4(11-3)2-6(10)13-8/h2*1-2H. The summed E-state index contributed by atoms with van der Waals surface area (Å²) in [5, 5.41) is 4.32. The topological polar surface area (TPSA) is 0 Å². The van der Waals surface area contributed by atoms with Crippen LogP contribution in [0.15, 0.2) is 39.4 Å². The predicted molar refractivity (Wildman–Crippen MR) is 141 cm³/mol. The highest BCUT2D eigenvalue weighted by molar-refractivity contribution is 9.11. The molecule has 0 aliphatic rings. The second-order valence-electron chi connectivity index (χ2n) is 5.18. The first-order valence-electron chi connectivity index (χ1n) is 7.00. The number of hydrogen-bond acceptors (Lipinski definition) is 6. The Morgan fingerprint density at radius 3 is 1.42 bits per heavy atom. The lowest BCUT2D eigenvalue weighted by Gasteiger charge is -1.78. The number of halogens is 4. The fraction of sp³-hybridized carbons (Fsp3) is 0. The van der Waals surface area contributed by atoms with E-state index in [4.69, 9.17) is 0 Å². The van der Waals surface area contributed by atoms with Crippen molar-refractivity contribution in [1.29, 1.82) is 0 Å². The van der Waals surface area contributed by atoms with E-state index in [0.717, 1.165) is 0 Å². The Labute approximate surface area is 206 Å². The van der Waals surface area contributed by atoms with Crippen molar-refractivity contribution in [3.63, 3.8) is 0 Å². The molecule has 0 atom stereocenters. The van der Waals surface area contributed by atoms with E-state index in [2.05, 4.69) is 86.6 Å². The quantitative estimate of drug-likeness (QED) is 0.147. The molecule has 0 aliphatic heterocycles. The minimum absolute atomic E-state index is 1.22. The molecule has 6 heterocycles. The molecule has 10 heteroatoms. The van der Waals surface area contributed by atoms with Crippen LogP contribution in [0, 0.1) is 0 Å². The molecule has 6 aromatic heterocycles. The maximum Gasteiger partial charge on any atom is 0.0719 e. The number of hydrogen-bond donors (Lipinski definition) is 0. The Bertz CT molecular complexity index is 1290. The summed E-state index contributed by atoms with van der Waals surface area (Å²) in [6, 6.07) is 4.40. The van der Waals surface area contributed by atoms with Gasteiger partial charge in [-0.3, -0.25) is 0 Å². The molecule has 0 saturated carbocycles. The third-order valence-electron chi connectivity index (χ3n) is 3.58. The highest BCUT2D eigenvalue weighted by Crippen LogP contribution is 2.48. The molecule has 0 aromatic carbocycles. The van der Waals surface area contributed by atoms with Crippen molar-refractivity contribution < 1.29 is 0 Å². The van der Waals surface area contributed by atoms with Crippen LogP contribution in [0.2, 0.25) is 0 Å². The van der Waals surface area contributed by atoms with Gasteiger partial charge in [0.25, 0.3) is 0 Å². The maximum atomic E-state index is 3.56. The van der Waals surface area contributed by atoms with Crippen LogP contribution in [0.3, 0.4) is 0 Å². The number of thiophene rings is 6. The van der Waals surface area contributed by atoms with Gasteiger partial charge in [0.2, 0.25) is 0 Å². The molecule has 0 nitrogen and oxygen atoms in total. The Hall–Kier alpha value is 1.16. The minimum Gasteiger partial charge on any atom is -0.140 e. The molecule has 0 bridgehead atoms. The van der Waals surface area contributed by atoms with Gasteiger partial charge in [0.1, 0.15) is 0 Å². The van der Waals surface area contributed by atoms with Crippen molar-refractivity contribution in [3.05, 3.63) is 39.4 Å². The van der Waals surface area contributed by atoms with Crippen LogP contribution in [0.1, 0.15) is 0 Å². The predicted octanol–water partition coefficient (Wildman–Crippen LogP) is 11.4. The Morgan fingerprint density at radius 2 is 0.962 bits per heavy atom. The lowest BCUT2D eigenvalue weighted by Crippen LogP contribution is -1.45. The molecule has 6 rings (SSSR count). The fourth-order valence-corrected chi connectivity index (χ4v) is 13.0. The molecule has 0 fully saturated rings. The first-order chi connectivity index (χ1) is 12.5. The summed E-state index contributed by atoms with van der Waals surface area (Å²) in [5.74, 6) is 0. The van der Waals surface area contributed by atoms with E-state index in [0.29, 0.717) is 0 Å². The van der Waals surface area contributed by atoms with Gasteiger partial charge in [-0.25, -0.2) is 0 Å². The third-order valence-corrected chi connectivity index (χ3v) is 14.4. The smallest absolute Gasteiger partial charge is 0.0719 e. The lowest BCUT2D eigenvalue weighted by molar-refractivity contribution is 2.08. The fourth-order valence-electron chi connectivity index (χ4n) is 2.54. The van der Waals surface area contributed by atoms with Crippen LogP contribution >= 0.6 is 132 Å². The molecular formula is C16H4Br4S6. The van der Waals surface area contributed by atoms with E-state index in [-0.39, 0.29) is 0 Å². The van der Waals surface area contributed by atoms with Gasteiger partial charge in [-0.1, -0.05) is 0 Å². The van der Waals surface area contributed by atoms with Crippen LogP contribution < -0.4 is 0 Å². The maximum absolute atomic E-state index is 3.56. The van der Waals surface area contributed by atoms with Gasteiger partial charge in [0.15, 0.2) is 0 Å². The van der Waals surface area contributed by atoms with Crippen LogP contribution in [0.4, 0.5) is 0 Å². The highest BCUT2D eigenvalue weighted by atomic mass is 79.9. The van der Waals surface area contributed by atoms with Crippen molar-refractivity contribution in [2.24, 2.45) is 0 Å². The summed E-state index contributed by atoms with van der Waals surface area (Å²) >= 11 is 25.1. The van der Waals surface area contributed by atoms with Gasteiger partial charge in [0, 0.05) is 29.1 Å². The molecule has 0 saturated heterocycles. The van der Waals surface area contributed by atoms with Crippen molar-refractivity contribution in [2.45, 2.75) is 0 Å². The average Bonchev–Trinajstić information content (AvgIpc) is 3.36. The summed E-state index contributed by atoms with van der Waals surface area (Å²) in [5.41, 5.74) is 0. The molecule has 26 heavy (non-hydrogen) atoms. The van der Waals surface area contributed by atoms with Gasteiger partial charge in [-0.2, -0.15) is 0 Å². The van der Waals surface area contributed by atoms with Gasteiger partial charge in [-0.15, -0.1) is 68.0 Å². The zero-order valence-electron chi connectivity index (χ0n) is 12.3. The summed E-state index contributed by atoms with van der Waals surface area (Å²) in [7, 11) is 0. The Balaban J connectivity index is 0.000000115. The van der Waals surface area contributed by atoms with Crippen molar-refractivity contribution in [3.8, 4) is 0 Å². The molecule has 0 amide bonds. The van der Waals surface area contributed by atoms with Crippen molar-refractivity contribution >= 4 is 169 Å². The van der Waals surface area contributed by atoms with E-state index in [1.165, 1.54) is 54.1 Å². The Kier molecular flexibility index (Phi) is 5.48. The van der Waals surface area contributed by atoms with Crippen LogP contribution in [-0.4, -0.2) is 0 Å². The summed E-state index contributed by atoms with van der Waals surface area (Å²) in [6.45, 7) is 0. The molecule has 0 unspecified atom stereocenters. The van der Waals surface area contributed by atoms with E-state index >= 15 is 0 Å². The van der Waals surface area contributed by atoms with Crippen LogP contribution in [-0.2, 0) is 0 Å². The van der Waals surface area contributed by atoms with Crippen LogP contribution in [0.5, 0.6) is 0 Å². The molecule has 0 radical (unpaired) electrons.